The minimum absolute atomic E-state index is 0.230. The van der Waals surface area contributed by atoms with E-state index in [0.717, 1.165) is 0 Å². The van der Waals surface area contributed by atoms with E-state index in [1.807, 2.05) is 0 Å². The molecule has 16 heavy (non-hydrogen) atoms. The number of hydrogen-bond donors (Lipinski definition) is 2. The molecule has 0 aliphatic heterocycles. The van der Waals surface area contributed by atoms with Crippen molar-refractivity contribution in [3.05, 3.63) is 24.0 Å². The number of methoxy groups -OCH3 is 1. The molecule has 1 aromatic carbocycles. The van der Waals surface area contributed by atoms with Crippen molar-refractivity contribution in [2.24, 2.45) is 0 Å². The van der Waals surface area contributed by atoms with Crippen LogP contribution in [-0.4, -0.2) is 24.4 Å². The van der Waals surface area contributed by atoms with Gasteiger partial charge in [-0.25, -0.2) is 4.39 Å². The highest BCUT2D eigenvalue weighted by Crippen LogP contribution is 2.20. The highest BCUT2D eigenvalue weighted by atomic mass is 19.1. The molecular formula is C12H18FNO2. The summed E-state index contributed by atoms with van der Waals surface area (Å²) in [5, 5.41) is 12.5. The zero-order chi connectivity index (χ0) is 12.2. The number of hydrogen-bond acceptors (Lipinski definition) is 3. The molecule has 0 amide bonds. The van der Waals surface area contributed by atoms with Crippen molar-refractivity contribution < 1.29 is 14.2 Å². The van der Waals surface area contributed by atoms with Gasteiger partial charge in [-0.2, -0.15) is 0 Å². The smallest absolute Gasteiger partial charge is 0.167 e. The Morgan fingerprint density at radius 3 is 2.62 bits per heavy atom. The van der Waals surface area contributed by atoms with Crippen LogP contribution in [-0.2, 0) is 0 Å². The minimum Gasteiger partial charge on any atom is -0.494 e. The fourth-order valence-electron chi connectivity index (χ4n) is 1.29. The molecule has 0 unspecified atom stereocenters. The van der Waals surface area contributed by atoms with E-state index in [9.17, 15) is 9.50 Å². The summed E-state index contributed by atoms with van der Waals surface area (Å²) in [5.41, 5.74) is -0.0274. The van der Waals surface area contributed by atoms with Crippen LogP contribution in [0.4, 0.5) is 10.1 Å². The summed E-state index contributed by atoms with van der Waals surface area (Å²) in [4.78, 5) is 0. The summed E-state index contributed by atoms with van der Waals surface area (Å²) in [6.07, 6.45) is 0.598. The van der Waals surface area contributed by atoms with E-state index in [1.165, 1.54) is 13.2 Å². The highest BCUT2D eigenvalue weighted by Gasteiger charge is 2.11. The number of halogens is 1. The fourth-order valence-corrected chi connectivity index (χ4v) is 1.29. The van der Waals surface area contributed by atoms with Gasteiger partial charge in [0.2, 0.25) is 0 Å². The van der Waals surface area contributed by atoms with Crippen LogP contribution >= 0.6 is 0 Å². The molecule has 3 nitrogen and oxygen atoms in total. The molecule has 0 spiro atoms. The van der Waals surface area contributed by atoms with Crippen LogP contribution in [0.3, 0.4) is 0 Å². The van der Waals surface area contributed by atoms with Crippen molar-refractivity contribution in [2.75, 3.05) is 19.0 Å². The molecule has 0 heterocycles. The molecule has 1 aromatic rings. The topological polar surface area (TPSA) is 41.5 Å². The maximum atomic E-state index is 13.3. The quantitative estimate of drug-likeness (QED) is 0.811. The predicted octanol–water partition coefficient (Wildman–Crippen LogP) is 2.41. The summed E-state index contributed by atoms with van der Waals surface area (Å²) in [7, 11) is 1.43. The Hall–Kier alpha value is -1.29. The van der Waals surface area contributed by atoms with Gasteiger partial charge in [0.15, 0.2) is 11.6 Å². The van der Waals surface area contributed by atoms with Crippen LogP contribution in [0.15, 0.2) is 18.2 Å². The van der Waals surface area contributed by atoms with Crippen molar-refractivity contribution in [3.63, 3.8) is 0 Å². The molecule has 2 N–H and O–H groups in total. The molecule has 90 valence electrons. The predicted molar refractivity (Wildman–Crippen MR) is 62.4 cm³/mol. The number of benzene rings is 1. The zero-order valence-corrected chi connectivity index (χ0v) is 9.88. The molecule has 0 saturated carbocycles. The second-order valence-corrected chi connectivity index (χ2v) is 4.34. The third-order valence-corrected chi connectivity index (χ3v) is 2.22. The van der Waals surface area contributed by atoms with Gasteiger partial charge in [0.25, 0.3) is 0 Å². The van der Waals surface area contributed by atoms with E-state index in [0.29, 0.717) is 18.7 Å². The van der Waals surface area contributed by atoms with Gasteiger partial charge in [0.1, 0.15) is 0 Å². The first-order valence-electron chi connectivity index (χ1n) is 5.22. The van der Waals surface area contributed by atoms with Gasteiger partial charge in [0.05, 0.1) is 12.7 Å². The third kappa shape index (κ3) is 4.06. The zero-order valence-electron chi connectivity index (χ0n) is 9.88. The number of rotatable bonds is 5. The van der Waals surface area contributed by atoms with Gasteiger partial charge in [0, 0.05) is 18.3 Å². The maximum absolute atomic E-state index is 13.3. The average Bonchev–Trinajstić information content (AvgIpc) is 2.16. The minimum atomic E-state index is -0.710. The van der Waals surface area contributed by atoms with E-state index in [4.69, 9.17) is 4.74 Å². The Balaban J connectivity index is 2.52. The second kappa shape index (κ2) is 5.16. The summed E-state index contributed by atoms with van der Waals surface area (Å²) in [6, 6.07) is 4.69. The number of ether oxygens (including phenoxy) is 1. The number of anilines is 1. The molecule has 0 bridgehead atoms. The van der Waals surface area contributed by atoms with Crippen molar-refractivity contribution in [1.29, 1.82) is 0 Å². The van der Waals surface area contributed by atoms with E-state index in [1.54, 1.807) is 26.0 Å². The normalized spacial score (nSPS) is 11.3. The van der Waals surface area contributed by atoms with Crippen LogP contribution in [0.2, 0.25) is 0 Å². The van der Waals surface area contributed by atoms with Crippen LogP contribution in [0, 0.1) is 5.82 Å². The van der Waals surface area contributed by atoms with Gasteiger partial charge in [-0.1, -0.05) is 0 Å². The lowest BCUT2D eigenvalue weighted by Gasteiger charge is -2.17. The summed E-state index contributed by atoms with van der Waals surface area (Å²) in [5.74, 6) is -0.163. The molecule has 4 heteroatoms. The van der Waals surface area contributed by atoms with Crippen LogP contribution < -0.4 is 10.1 Å². The van der Waals surface area contributed by atoms with E-state index < -0.39 is 11.4 Å². The van der Waals surface area contributed by atoms with Gasteiger partial charge in [-0.05, 0) is 32.4 Å². The Bertz CT molecular complexity index is 347. The maximum Gasteiger partial charge on any atom is 0.167 e. The first kappa shape index (κ1) is 12.8. The first-order valence-corrected chi connectivity index (χ1v) is 5.22. The molecule has 0 aromatic heterocycles. The van der Waals surface area contributed by atoms with Crippen molar-refractivity contribution in [3.8, 4) is 5.75 Å². The van der Waals surface area contributed by atoms with Crippen molar-refractivity contribution in [1.82, 2.24) is 0 Å². The SMILES string of the molecule is COc1ccc(NCCC(C)(C)O)cc1F. The van der Waals surface area contributed by atoms with E-state index in [-0.39, 0.29) is 5.75 Å². The summed E-state index contributed by atoms with van der Waals surface area (Å²) in [6.45, 7) is 4.07. The Labute approximate surface area is 95.2 Å². The number of aliphatic hydroxyl groups is 1. The lowest BCUT2D eigenvalue weighted by Crippen LogP contribution is -2.22. The fraction of sp³-hybridized carbons (Fsp3) is 0.500. The largest absolute Gasteiger partial charge is 0.494 e. The standard InChI is InChI=1S/C12H18FNO2/c1-12(2,15)6-7-14-9-4-5-11(16-3)10(13)8-9/h4-5,8,14-15H,6-7H2,1-3H3. The Morgan fingerprint density at radius 1 is 1.44 bits per heavy atom. The number of nitrogens with one attached hydrogen (secondary N) is 1. The Kier molecular flexibility index (Phi) is 4.12. The summed E-state index contributed by atoms with van der Waals surface area (Å²) >= 11 is 0. The average molecular weight is 227 g/mol. The highest BCUT2D eigenvalue weighted by molar-refractivity contribution is 5.47. The van der Waals surface area contributed by atoms with Gasteiger partial charge in [-0.15, -0.1) is 0 Å². The van der Waals surface area contributed by atoms with Gasteiger partial charge in [-0.3, -0.25) is 0 Å². The first-order chi connectivity index (χ1) is 7.42. The molecule has 0 saturated heterocycles. The van der Waals surface area contributed by atoms with Crippen LogP contribution in [0.5, 0.6) is 5.75 Å². The van der Waals surface area contributed by atoms with Crippen molar-refractivity contribution >= 4 is 5.69 Å². The molecule has 0 radical (unpaired) electrons. The van der Waals surface area contributed by atoms with E-state index in [2.05, 4.69) is 5.32 Å². The molecule has 0 aliphatic carbocycles. The second-order valence-electron chi connectivity index (χ2n) is 4.34. The summed E-state index contributed by atoms with van der Waals surface area (Å²) < 4.78 is 18.1. The molecule has 0 atom stereocenters. The lowest BCUT2D eigenvalue weighted by atomic mass is 10.1. The third-order valence-electron chi connectivity index (χ3n) is 2.22. The Morgan fingerprint density at radius 2 is 2.12 bits per heavy atom. The monoisotopic (exact) mass is 227 g/mol. The van der Waals surface area contributed by atoms with Crippen LogP contribution in [0.25, 0.3) is 0 Å². The molecule has 0 aliphatic rings. The molecule has 1 rings (SSSR count). The molecular weight excluding hydrogens is 209 g/mol. The molecule has 0 fully saturated rings. The van der Waals surface area contributed by atoms with Gasteiger partial charge < -0.3 is 15.2 Å². The van der Waals surface area contributed by atoms with Crippen LogP contribution in [0.1, 0.15) is 20.3 Å². The van der Waals surface area contributed by atoms with E-state index >= 15 is 0 Å². The lowest BCUT2D eigenvalue weighted by molar-refractivity contribution is 0.0749. The van der Waals surface area contributed by atoms with Gasteiger partial charge >= 0.3 is 0 Å². The van der Waals surface area contributed by atoms with Crippen molar-refractivity contribution in [2.45, 2.75) is 25.9 Å².